The van der Waals surface area contributed by atoms with Gasteiger partial charge in [0.15, 0.2) is 0 Å². The Morgan fingerprint density at radius 2 is 0.960 bits per heavy atom. The molecule has 0 aliphatic rings. The molecule has 0 saturated heterocycles. The summed E-state index contributed by atoms with van der Waals surface area (Å²) in [5.74, 6) is 0. The zero-order valence-electron chi connectivity index (χ0n) is 31.7. The highest BCUT2D eigenvalue weighted by atomic mass is 14.9. The number of aryl methyl sites for hydroxylation is 4. The van der Waals surface area contributed by atoms with Crippen molar-refractivity contribution in [1.82, 2.24) is 5.32 Å². The molecule has 0 bridgehead atoms. The molecule has 6 aromatic carbocycles. The fourth-order valence-corrected chi connectivity index (χ4v) is 6.13. The Bertz CT molecular complexity index is 1910. The average Bonchev–Trinajstić information content (AvgIpc) is 3.13. The first kappa shape index (κ1) is 37.9. The Hall–Kier alpha value is -4.92. The van der Waals surface area contributed by atoms with E-state index in [4.69, 9.17) is 0 Å². The second kappa shape index (κ2) is 18.2. The number of rotatable bonds is 7. The van der Waals surface area contributed by atoms with Gasteiger partial charge in [-0.15, -0.1) is 0 Å². The van der Waals surface area contributed by atoms with Crippen molar-refractivity contribution in [2.45, 2.75) is 66.7 Å². The van der Waals surface area contributed by atoms with Crippen molar-refractivity contribution >= 4 is 11.4 Å². The monoisotopic (exact) mass is 660 g/mol. The van der Waals surface area contributed by atoms with E-state index in [0.29, 0.717) is 0 Å². The van der Waals surface area contributed by atoms with Crippen LogP contribution in [0, 0.1) is 13.8 Å². The van der Waals surface area contributed by atoms with E-state index < -0.39 is 0 Å². The molecule has 0 unspecified atom stereocenters. The fourth-order valence-electron chi connectivity index (χ4n) is 6.13. The molecule has 0 atom stereocenters. The Balaban J connectivity index is 0.000000273. The minimum Gasteiger partial charge on any atom is -0.356 e. The van der Waals surface area contributed by atoms with Crippen LogP contribution in [0.3, 0.4) is 0 Å². The normalized spacial score (nSPS) is 10.7. The van der Waals surface area contributed by atoms with E-state index in [1.807, 2.05) is 14.1 Å². The Morgan fingerprint density at radius 3 is 1.50 bits per heavy atom. The lowest BCUT2D eigenvalue weighted by molar-refractivity contribution is 0.589. The van der Waals surface area contributed by atoms with Gasteiger partial charge < -0.3 is 10.6 Å². The molecule has 50 heavy (non-hydrogen) atoms. The molecular weight excluding hydrogens is 605 g/mol. The van der Waals surface area contributed by atoms with Gasteiger partial charge in [-0.05, 0) is 126 Å². The molecule has 0 aliphatic heterocycles. The zero-order valence-corrected chi connectivity index (χ0v) is 31.7. The quantitative estimate of drug-likeness (QED) is 0.178. The van der Waals surface area contributed by atoms with Crippen molar-refractivity contribution in [2.75, 3.05) is 19.4 Å². The summed E-state index contributed by atoms with van der Waals surface area (Å²) in [5.41, 5.74) is 17.0. The molecule has 0 spiro atoms. The summed E-state index contributed by atoms with van der Waals surface area (Å²) in [6.45, 7) is 15.6. The van der Waals surface area contributed by atoms with Crippen LogP contribution in [0.1, 0.15) is 62.4 Å². The number of nitrogens with one attached hydrogen (secondary N) is 2. The minimum absolute atomic E-state index is 0.171. The topological polar surface area (TPSA) is 24.1 Å². The first-order valence-corrected chi connectivity index (χ1v) is 18.0. The fraction of sp³-hybridized carbons (Fsp3) is 0.250. The van der Waals surface area contributed by atoms with Crippen molar-refractivity contribution in [3.8, 4) is 33.4 Å². The summed E-state index contributed by atoms with van der Waals surface area (Å²) in [6.07, 6.45) is 2.12. The Kier molecular flexibility index (Phi) is 13.8. The molecule has 2 nitrogen and oxygen atoms in total. The second-order valence-electron chi connectivity index (χ2n) is 14.0. The maximum Gasteiger partial charge on any atom is 0.0384 e. The van der Waals surface area contributed by atoms with Crippen molar-refractivity contribution in [2.24, 2.45) is 0 Å². The highest BCUT2D eigenvalue weighted by Crippen LogP contribution is 2.32. The van der Waals surface area contributed by atoms with E-state index in [1.165, 1.54) is 61.2 Å². The third kappa shape index (κ3) is 10.3. The maximum atomic E-state index is 3.54. The lowest BCUT2D eigenvalue weighted by atomic mass is 9.84. The Labute approximate surface area is 302 Å². The molecule has 0 radical (unpaired) electrons. The van der Waals surface area contributed by atoms with Crippen LogP contribution in [0.2, 0.25) is 0 Å². The van der Waals surface area contributed by atoms with Crippen molar-refractivity contribution in [1.29, 1.82) is 0 Å². The zero-order chi connectivity index (χ0) is 36.1. The van der Waals surface area contributed by atoms with E-state index in [2.05, 4.69) is 199 Å². The van der Waals surface area contributed by atoms with Crippen LogP contribution in [-0.2, 0) is 18.3 Å². The van der Waals surface area contributed by atoms with E-state index >= 15 is 0 Å². The van der Waals surface area contributed by atoms with Crippen LogP contribution in [-0.4, -0.2) is 14.1 Å². The van der Waals surface area contributed by atoms with E-state index in [-0.39, 0.29) is 5.41 Å². The summed E-state index contributed by atoms with van der Waals surface area (Å²) >= 11 is 0. The SMILES string of the molecule is CCc1cc(C(C)(C)C)ccc1-c1ccc(Nc2ccc(-c3ccc(C)cc3C)cc2)cc1.CCc1ccccc1-c1ccccc1.CNC. The van der Waals surface area contributed by atoms with Gasteiger partial charge >= 0.3 is 0 Å². The minimum atomic E-state index is 0.171. The standard InChI is InChI=1S/C32H35N.C14H14.C2H7N/c1-7-24-21-27(32(4,5)6)13-19-31(24)26-11-16-29(17-12-26)33-28-14-9-25(10-15-28)30-18-8-22(2)20-23(30)3;1-2-12-8-6-7-11-14(12)13-9-4-3-5-10-13;1-3-2/h8-21,33H,7H2,1-6H3;3-11H,2H2,1H3;3H,1-2H3. The van der Waals surface area contributed by atoms with Crippen molar-refractivity contribution < 1.29 is 0 Å². The van der Waals surface area contributed by atoms with Crippen molar-refractivity contribution in [3.63, 3.8) is 0 Å². The third-order valence-corrected chi connectivity index (χ3v) is 8.90. The van der Waals surface area contributed by atoms with Crippen LogP contribution in [0.5, 0.6) is 0 Å². The van der Waals surface area contributed by atoms with Crippen LogP contribution >= 0.6 is 0 Å². The lowest BCUT2D eigenvalue weighted by Gasteiger charge is -2.21. The van der Waals surface area contributed by atoms with Crippen LogP contribution in [0.4, 0.5) is 11.4 Å². The molecule has 0 fully saturated rings. The molecule has 2 N–H and O–H groups in total. The lowest BCUT2D eigenvalue weighted by Crippen LogP contribution is -2.11. The van der Waals surface area contributed by atoms with Crippen LogP contribution < -0.4 is 10.6 Å². The summed E-state index contributed by atoms with van der Waals surface area (Å²) in [7, 11) is 3.75. The number of benzene rings is 6. The van der Waals surface area contributed by atoms with Gasteiger partial charge in [0.25, 0.3) is 0 Å². The molecule has 0 aromatic heterocycles. The van der Waals surface area contributed by atoms with Gasteiger partial charge in [-0.3, -0.25) is 0 Å². The summed E-state index contributed by atoms with van der Waals surface area (Å²) < 4.78 is 0. The van der Waals surface area contributed by atoms with Gasteiger partial charge in [-0.2, -0.15) is 0 Å². The van der Waals surface area contributed by atoms with Gasteiger partial charge in [-0.1, -0.05) is 155 Å². The first-order chi connectivity index (χ1) is 24.1. The third-order valence-electron chi connectivity index (χ3n) is 8.90. The molecule has 0 amide bonds. The molecule has 6 rings (SSSR count). The highest BCUT2D eigenvalue weighted by molar-refractivity contribution is 5.74. The first-order valence-electron chi connectivity index (χ1n) is 18.0. The van der Waals surface area contributed by atoms with Crippen LogP contribution in [0.15, 0.2) is 140 Å². The predicted octanol–water partition coefficient (Wildman–Crippen LogP) is 13.0. The summed E-state index contributed by atoms with van der Waals surface area (Å²) in [6, 6.07) is 50.2. The number of hydrogen-bond donors (Lipinski definition) is 2. The van der Waals surface area contributed by atoms with Gasteiger partial charge in [0.05, 0.1) is 0 Å². The van der Waals surface area contributed by atoms with Gasteiger partial charge in [-0.25, -0.2) is 0 Å². The second-order valence-corrected chi connectivity index (χ2v) is 14.0. The Morgan fingerprint density at radius 1 is 0.480 bits per heavy atom. The molecular formula is C48H56N2. The van der Waals surface area contributed by atoms with Gasteiger partial charge in [0.1, 0.15) is 0 Å². The molecule has 6 aromatic rings. The van der Waals surface area contributed by atoms with E-state index in [9.17, 15) is 0 Å². The maximum absolute atomic E-state index is 3.54. The molecule has 2 heteroatoms. The summed E-state index contributed by atoms with van der Waals surface area (Å²) in [5, 5.41) is 6.29. The van der Waals surface area contributed by atoms with E-state index in [1.54, 1.807) is 0 Å². The number of anilines is 2. The smallest absolute Gasteiger partial charge is 0.0384 e. The highest BCUT2D eigenvalue weighted by Gasteiger charge is 2.15. The van der Waals surface area contributed by atoms with Crippen molar-refractivity contribution in [3.05, 3.63) is 167 Å². The van der Waals surface area contributed by atoms with Gasteiger partial charge in [0.2, 0.25) is 0 Å². The summed E-state index contributed by atoms with van der Waals surface area (Å²) in [4.78, 5) is 0. The molecule has 0 aliphatic carbocycles. The predicted molar refractivity (Wildman–Crippen MR) is 221 cm³/mol. The van der Waals surface area contributed by atoms with E-state index in [0.717, 1.165) is 24.2 Å². The molecule has 258 valence electrons. The number of hydrogen-bond acceptors (Lipinski definition) is 2. The largest absolute Gasteiger partial charge is 0.356 e. The molecule has 0 heterocycles. The average molecular weight is 661 g/mol. The molecule has 0 saturated carbocycles. The van der Waals surface area contributed by atoms with Crippen LogP contribution in [0.25, 0.3) is 33.4 Å². The van der Waals surface area contributed by atoms with Gasteiger partial charge in [0, 0.05) is 11.4 Å².